The lowest BCUT2D eigenvalue weighted by molar-refractivity contribution is 0.0541. The minimum Gasteiger partial charge on any atom is -0.443 e. The molecule has 0 bridgehead atoms. The number of carbonyl (C=O) groups is 1. The minimum absolute atomic E-state index is 0.409. The summed E-state index contributed by atoms with van der Waals surface area (Å²) in [4.78, 5) is 18.8. The fraction of sp³-hybridized carbons (Fsp3) is 0.467. The molecule has 0 fully saturated rings. The second-order valence-electron chi connectivity index (χ2n) is 6.17. The Morgan fingerprint density at radius 2 is 2.00 bits per heavy atom. The first-order valence-corrected chi connectivity index (χ1v) is 7.48. The fourth-order valence-corrected chi connectivity index (χ4v) is 2.67. The molecule has 0 N–H and O–H groups in total. The van der Waals surface area contributed by atoms with Crippen LogP contribution in [0.3, 0.4) is 0 Å². The van der Waals surface area contributed by atoms with Crippen molar-refractivity contribution < 1.29 is 9.53 Å². The topological polar surface area (TPSA) is 47.4 Å². The number of rotatable bonds is 1. The van der Waals surface area contributed by atoms with Gasteiger partial charge in [-0.2, -0.15) is 0 Å². The molecule has 0 aliphatic heterocycles. The summed E-state index contributed by atoms with van der Waals surface area (Å²) in [6, 6.07) is 1.96. The quantitative estimate of drug-likeness (QED) is 0.778. The highest BCUT2D eigenvalue weighted by Crippen LogP contribution is 2.33. The molecule has 0 aromatic carbocycles. The Balaban J connectivity index is 2.69. The maximum absolute atomic E-state index is 12.5. The van der Waals surface area contributed by atoms with Crippen LogP contribution in [0.2, 0.25) is 0 Å². The number of ether oxygens (including phenoxy) is 1. The fourth-order valence-electron chi connectivity index (χ4n) is 2.34. The largest absolute Gasteiger partial charge is 0.443 e. The van der Waals surface area contributed by atoms with E-state index in [1.807, 2.05) is 52.8 Å². The third-order valence-electron chi connectivity index (χ3n) is 3.00. The zero-order chi connectivity index (χ0) is 15.9. The molecule has 21 heavy (non-hydrogen) atoms. The molecule has 2 heterocycles. The first-order valence-electron chi connectivity index (χ1n) is 6.69. The van der Waals surface area contributed by atoms with Gasteiger partial charge in [0, 0.05) is 30.2 Å². The first-order chi connectivity index (χ1) is 9.61. The van der Waals surface area contributed by atoms with E-state index >= 15 is 0 Å². The normalized spacial score (nSPS) is 11.8. The van der Waals surface area contributed by atoms with Gasteiger partial charge in [0.1, 0.15) is 5.60 Å². The average molecular weight is 354 g/mol. The SMILES string of the molecule is Cc1c(N(C)C)c2cc(Br)cnc2n1C(=O)OC(C)(C)C. The molecule has 5 nitrogen and oxygen atoms in total. The summed E-state index contributed by atoms with van der Waals surface area (Å²) in [7, 11) is 3.89. The Labute approximate surface area is 133 Å². The van der Waals surface area contributed by atoms with Gasteiger partial charge in [0.15, 0.2) is 5.65 Å². The van der Waals surface area contributed by atoms with Gasteiger partial charge >= 0.3 is 6.09 Å². The van der Waals surface area contributed by atoms with Gasteiger partial charge in [-0.1, -0.05) is 0 Å². The lowest BCUT2D eigenvalue weighted by atomic mass is 10.2. The Hall–Kier alpha value is -1.56. The summed E-state index contributed by atoms with van der Waals surface area (Å²) in [6.07, 6.45) is 1.27. The number of nitrogens with zero attached hydrogens (tertiary/aromatic N) is 3. The summed E-state index contributed by atoms with van der Waals surface area (Å²) in [5.74, 6) is 0. The Bertz CT molecular complexity index is 699. The molecule has 0 spiro atoms. The third kappa shape index (κ3) is 3.05. The van der Waals surface area contributed by atoms with Gasteiger partial charge in [-0.15, -0.1) is 0 Å². The molecule has 0 saturated heterocycles. The van der Waals surface area contributed by atoms with Crippen LogP contribution in [0, 0.1) is 6.92 Å². The van der Waals surface area contributed by atoms with E-state index in [-0.39, 0.29) is 0 Å². The third-order valence-corrected chi connectivity index (χ3v) is 3.44. The summed E-state index contributed by atoms with van der Waals surface area (Å²) >= 11 is 3.43. The number of aromatic nitrogens is 2. The van der Waals surface area contributed by atoms with E-state index in [2.05, 4.69) is 20.9 Å². The molecule has 0 saturated carbocycles. The number of hydrogen-bond acceptors (Lipinski definition) is 4. The van der Waals surface area contributed by atoms with Crippen molar-refractivity contribution >= 4 is 38.7 Å². The van der Waals surface area contributed by atoms with Crippen LogP contribution in [0.4, 0.5) is 10.5 Å². The molecule has 2 aromatic rings. The van der Waals surface area contributed by atoms with Crippen molar-refractivity contribution in [1.82, 2.24) is 9.55 Å². The van der Waals surface area contributed by atoms with Crippen LogP contribution in [-0.4, -0.2) is 35.3 Å². The van der Waals surface area contributed by atoms with Crippen molar-refractivity contribution in [3.8, 4) is 0 Å². The predicted octanol–water partition coefficient (Wildman–Crippen LogP) is 3.96. The van der Waals surface area contributed by atoms with Crippen LogP contribution in [0.5, 0.6) is 0 Å². The lowest BCUT2D eigenvalue weighted by Gasteiger charge is -2.20. The summed E-state index contributed by atoms with van der Waals surface area (Å²) < 4.78 is 7.89. The zero-order valence-electron chi connectivity index (χ0n) is 13.2. The molecule has 0 unspecified atom stereocenters. The van der Waals surface area contributed by atoms with Gasteiger partial charge < -0.3 is 9.64 Å². The molecule has 0 aliphatic rings. The zero-order valence-corrected chi connectivity index (χ0v) is 14.8. The molecular weight excluding hydrogens is 334 g/mol. The molecule has 6 heteroatoms. The van der Waals surface area contributed by atoms with E-state index < -0.39 is 11.7 Å². The van der Waals surface area contributed by atoms with Crippen molar-refractivity contribution in [3.05, 3.63) is 22.4 Å². The van der Waals surface area contributed by atoms with Crippen LogP contribution in [-0.2, 0) is 4.74 Å². The van der Waals surface area contributed by atoms with Crippen LogP contribution in [0.15, 0.2) is 16.7 Å². The van der Waals surface area contributed by atoms with Gasteiger partial charge in [0.05, 0.1) is 11.4 Å². The first kappa shape index (κ1) is 15.8. The van der Waals surface area contributed by atoms with Gasteiger partial charge in [-0.05, 0) is 49.7 Å². The predicted molar refractivity (Wildman–Crippen MR) is 88.1 cm³/mol. The van der Waals surface area contributed by atoms with Crippen molar-refractivity contribution in [1.29, 1.82) is 0 Å². The summed E-state index contributed by atoms with van der Waals surface area (Å²) in [6.45, 7) is 7.45. The highest BCUT2D eigenvalue weighted by molar-refractivity contribution is 9.10. The number of anilines is 1. The highest BCUT2D eigenvalue weighted by atomic mass is 79.9. The molecule has 114 valence electrons. The van der Waals surface area contributed by atoms with Gasteiger partial charge in [0.25, 0.3) is 0 Å². The molecule has 0 amide bonds. The molecular formula is C15H20BrN3O2. The van der Waals surface area contributed by atoms with E-state index in [1.54, 1.807) is 6.20 Å². The average Bonchev–Trinajstić information content (AvgIpc) is 2.57. The highest BCUT2D eigenvalue weighted by Gasteiger charge is 2.25. The van der Waals surface area contributed by atoms with E-state index in [1.165, 1.54) is 4.57 Å². The van der Waals surface area contributed by atoms with Crippen LogP contribution in [0.1, 0.15) is 26.5 Å². The van der Waals surface area contributed by atoms with Crippen molar-refractivity contribution in [2.45, 2.75) is 33.3 Å². The van der Waals surface area contributed by atoms with Gasteiger partial charge in [0.2, 0.25) is 0 Å². The van der Waals surface area contributed by atoms with Gasteiger partial charge in [-0.25, -0.2) is 14.3 Å². The van der Waals surface area contributed by atoms with E-state index in [0.717, 1.165) is 21.2 Å². The van der Waals surface area contributed by atoms with Crippen molar-refractivity contribution in [2.75, 3.05) is 19.0 Å². The smallest absolute Gasteiger partial charge is 0.420 e. The molecule has 2 aromatic heterocycles. The van der Waals surface area contributed by atoms with Gasteiger partial charge in [-0.3, -0.25) is 0 Å². The molecule has 2 rings (SSSR count). The van der Waals surface area contributed by atoms with E-state index in [4.69, 9.17) is 4.74 Å². The molecule has 0 radical (unpaired) electrons. The summed E-state index contributed by atoms with van der Waals surface area (Å²) in [5.41, 5.74) is 1.83. The number of pyridine rings is 1. The second kappa shape index (κ2) is 5.33. The number of halogens is 1. The van der Waals surface area contributed by atoms with E-state index in [9.17, 15) is 4.79 Å². The second-order valence-corrected chi connectivity index (χ2v) is 7.08. The van der Waals surface area contributed by atoms with Crippen LogP contribution >= 0.6 is 15.9 Å². The Kier molecular flexibility index (Phi) is 4.02. The standard InChI is InChI=1S/C15H20BrN3O2/c1-9-12(18(5)6)11-7-10(16)8-17-13(11)19(9)14(20)21-15(2,3)4/h7-8H,1-6H3. The van der Waals surface area contributed by atoms with Crippen LogP contribution in [0.25, 0.3) is 11.0 Å². The number of hydrogen-bond donors (Lipinski definition) is 0. The maximum Gasteiger partial charge on any atom is 0.420 e. The van der Waals surface area contributed by atoms with E-state index in [0.29, 0.717) is 5.65 Å². The Morgan fingerprint density at radius 3 is 2.52 bits per heavy atom. The maximum atomic E-state index is 12.5. The van der Waals surface area contributed by atoms with Crippen LogP contribution < -0.4 is 4.90 Å². The monoisotopic (exact) mass is 353 g/mol. The Morgan fingerprint density at radius 1 is 1.38 bits per heavy atom. The molecule has 0 aliphatic carbocycles. The number of fused-ring (bicyclic) bond motifs is 1. The summed E-state index contributed by atoms with van der Waals surface area (Å²) in [5, 5.41) is 0.915. The molecule has 0 atom stereocenters. The van der Waals surface area contributed by atoms with Crippen molar-refractivity contribution in [3.63, 3.8) is 0 Å². The number of carbonyl (C=O) groups excluding carboxylic acids is 1. The van der Waals surface area contributed by atoms with Crippen molar-refractivity contribution in [2.24, 2.45) is 0 Å². The lowest BCUT2D eigenvalue weighted by Crippen LogP contribution is -2.28. The minimum atomic E-state index is -0.548.